The molecule has 0 spiro atoms. The molecule has 0 bridgehead atoms. The number of fused-ring (bicyclic) bond motifs is 1. The molecule has 2 heterocycles. The largest absolute Gasteiger partial charge is 0.378 e. The quantitative estimate of drug-likeness (QED) is 0.871. The summed E-state index contributed by atoms with van der Waals surface area (Å²) in [6.45, 7) is 6.18. The summed E-state index contributed by atoms with van der Waals surface area (Å²) in [7, 11) is 0. The highest BCUT2D eigenvalue weighted by Gasteiger charge is 2.31. The Labute approximate surface area is 133 Å². The molecular weight excluding hydrogens is 334 g/mol. The zero-order chi connectivity index (χ0) is 14.8. The van der Waals surface area contributed by atoms with Gasteiger partial charge in [-0.05, 0) is 41.0 Å². The second-order valence-electron chi connectivity index (χ2n) is 5.37. The molecule has 1 atom stereocenters. The average Bonchev–Trinajstić information content (AvgIpc) is 2.80. The van der Waals surface area contributed by atoms with E-state index in [-0.39, 0.29) is 11.9 Å². The first-order valence-corrected chi connectivity index (χ1v) is 8.20. The second kappa shape index (κ2) is 6.34. The molecule has 1 aromatic carbocycles. The van der Waals surface area contributed by atoms with Gasteiger partial charge in [-0.15, -0.1) is 0 Å². The number of rotatable bonds is 4. The molecule has 0 saturated carbocycles. The predicted octanol–water partition coefficient (Wildman–Crippen LogP) is 2.28. The number of morpholine rings is 1. The molecule has 1 saturated heterocycles. The lowest BCUT2D eigenvalue weighted by Gasteiger charge is -2.30. The number of halogens is 1. The fraction of sp³-hybridized carbons (Fsp3) is 0.533. The van der Waals surface area contributed by atoms with E-state index in [1.165, 1.54) is 0 Å². The van der Waals surface area contributed by atoms with Gasteiger partial charge in [0.2, 0.25) is 5.91 Å². The predicted molar refractivity (Wildman–Crippen MR) is 86.8 cm³/mol. The lowest BCUT2D eigenvalue weighted by Crippen LogP contribution is -2.36. The third-order valence-corrected chi connectivity index (χ3v) is 4.54. The zero-order valence-electron chi connectivity index (χ0n) is 12.1. The highest BCUT2D eigenvalue weighted by Crippen LogP contribution is 2.39. The van der Waals surface area contributed by atoms with Crippen LogP contribution in [0.3, 0.4) is 0 Å². The van der Waals surface area contributed by atoms with Crippen LogP contribution in [-0.4, -0.2) is 38.8 Å². The summed E-state index contributed by atoms with van der Waals surface area (Å²) in [6.07, 6.45) is 1.01. The molecule has 0 aliphatic carbocycles. The standard InChI is InChI=1S/C15H20BrN3O2/c1-2-3-17-14-10-8-11(16)13(9-12(10)18-15(14)20)19-4-6-21-7-5-19/h8-9,14,17H,2-7H2,1H3,(H,18,20). The average molecular weight is 354 g/mol. The van der Waals surface area contributed by atoms with Crippen molar-refractivity contribution in [2.45, 2.75) is 19.4 Å². The van der Waals surface area contributed by atoms with Crippen molar-refractivity contribution in [2.24, 2.45) is 0 Å². The number of nitrogens with zero attached hydrogens (tertiary/aromatic N) is 1. The number of benzene rings is 1. The minimum Gasteiger partial charge on any atom is -0.378 e. The molecule has 3 rings (SSSR count). The van der Waals surface area contributed by atoms with Crippen LogP contribution in [0.1, 0.15) is 24.9 Å². The first-order chi connectivity index (χ1) is 10.2. The molecule has 114 valence electrons. The molecule has 5 nitrogen and oxygen atoms in total. The highest BCUT2D eigenvalue weighted by molar-refractivity contribution is 9.10. The van der Waals surface area contributed by atoms with Gasteiger partial charge in [-0.3, -0.25) is 4.79 Å². The smallest absolute Gasteiger partial charge is 0.246 e. The number of hydrogen-bond donors (Lipinski definition) is 2. The van der Waals surface area contributed by atoms with Crippen molar-refractivity contribution < 1.29 is 9.53 Å². The molecule has 0 aromatic heterocycles. The third-order valence-electron chi connectivity index (χ3n) is 3.90. The number of anilines is 2. The summed E-state index contributed by atoms with van der Waals surface area (Å²) in [5, 5.41) is 6.28. The molecule has 2 aliphatic heterocycles. The van der Waals surface area contributed by atoms with Gasteiger partial charge in [-0.1, -0.05) is 6.92 Å². The van der Waals surface area contributed by atoms with E-state index in [2.05, 4.69) is 50.5 Å². The van der Waals surface area contributed by atoms with E-state index in [4.69, 9.17) is 4.74 Å². The van der Waals surface area contributed by atoms with Crippen LogP contribution in [0.4, 0.5) is 11.4 Å². The highest BCUT2D eigenvalue weighted by atomic mass is 79.9. The van der Waals surface area contributed by atoms with E-state index >= 15 is 0 Å². The van der Waals surface area contributed by atoms with Crippen LogP contribution < -0.4 is 15.5 Å². The van der Waals surface area contributed by atoms with Gasteiger partial charge in [0.25, 0.3) is 0 Å². The van der Waals surface area contributed by atoms with Crippen LogP contribution in [0.15, 0.2) is 16.6 Å². The molecule has 2 aliphatic rings. The van der Waals surface area contributed by atoms with E-state index in [1.807, 2.05) is 0 Å². The van der Waals surface area contributed by atoms with Crippen LogP contribution in [0, 0.1) is 0 Å². The van der Waals surface area contributed by atoms with Gasteiger partial charge in [0.05, 0.1) is 18.9 Å². The van der Waals surface area contributed by atoms with Gasteiger partial charge in [-0.25, -0.2) is 0 Å². The molecule has 2 N–H and O–H groups in total. The summed E-state index contributed by atoms with van der Waals surface area (Å²) in [5.41, 5.74) is 3.06. The molecule has 6 heteroatoms. The lowest BCUT2D eigenvalue weighted by atomic mass is 10.1. The van der Waals surface area contributed by atoms with E-state index in [0.29, 0.717) is 0 Å². The van der Waals surface area contributed by atoms with E-state index < -0.39 is 0 Å². The Kier molecular flexibility index (Phi) is 4.47. The van der Waals surface area contributed by atoms with Crippen molar-refractivity contribution in [1.29, 1.82) is 0 Å². The Hall–Kier alpha value is -1.11. The summed E-state index contributed by atoms with van der Waals surface area (Å²) < 4.78 is 6.43. The van der Waals surface area contributed by atoms with Crippen LogP contribution >= 0.6 is 15.9 Å². The molecule has 1 aromatic rings. The van der Waals surface area contributed by atoms with E-state index in [9.17, 15) is 4.79 Å². The number of ether oxygens (including phenoxy) is 1. The molecule has 1 unspecified atom stereocenters. The SMILES string of the molecule is CCCNC1C(=O)Nc2cc(N3CCOCC3)c(Br)cc21. The minimum atomic E-state index is -0.241. The third kappa shape index (κ3) is 2.93. The monoisotopic (exact) mass is 353 g/mol. The van der Waals surface area contributed by atoms with Crippen molar-refractivity contribution in [3.8, 4) is 0 Å². The fourth-order valence-corrected chi connectivity index (χ4v) is 3.42. The first-order valence-electron chi connectivity index (χ1n) is 7.41. The Bertz CT molecular complexity index is 544. The van der Waals surface area contributed by atoms with E-state index in [1.54, 1.807) is 0 Å². The number of carbonyl (C=O) groups is 1. The van der Waals surface area contributed by atoms with Crippen LogP contribution in [0.25, 0.3) is 0 Å². The Morgan fingerprint density at radius 2 is 2.19 bits per heavy atom. The molecule has 1 amide bonds. The normalized spacial score (nSPS) is 21.3. The van der Waals surface area contributed by atoms with Gasteiger partial charge in [0, 0.05) is 28.8 Å². The number of nitrogens with one attached hydrogen (secondary N) is 2. The van der Waals surface area contributed by atoms with Crippen molar-refractivity contribution in [1.82, 2.24) is 5.32 Å². The van der Waals surface area contributed by atoms with Crippen molar-refractivity contribution in [2.75, 3.05) is 43.1 Å². The van der Waals surface area contributed by atoms with Crippen LogP contribution in [0.5, 0.6) is 0 Å². The summed E-state index contributed by atoms with van der Waals surface area (Å²) in [5.74, 6) is 0.0319. The maximum Gasteiger partial charge on any atom is 0.246 e. The number of carbonyl (C=O) groups excluding carboxylic acids is 1. The van der Waals surface area contributed by atoms with Gasteiger partial charge in [0.1, 0.15) is 6.04 Å². The summed E-state index contributed by atoms with van der Waals surface area (Å²) in [6, 6.07) is 3.89. The summed E-state index contributed by atoms with van der Waals surface area (Å²) in [4.78, 5) is 14.4. The first kappa shape index (κ1) is 14.8. The van der Waals surface area contributed by atoms with Crippen molar-refractivity contribution in [3.05, 3.63) is 22.2 Å². The number of hydrogen-bond acceptors (Lipinski definition) is 4. The van der Waals surface area contributed by atoms with Crippen molar-refractivity contribution in [3.63, 3.8) is 0 Å². The van der Waals surface area contributed by atoms with Gasteiger partial charge in [-0.2, -0.15) is 0 Å². The Morgan fingerprint density at radius 3 is 2.90 bits per heavy atom. The topological polar surface area (TPSA) is 53.6 Å². The maximum absolute atomic E-state index is 12.1. The Balaban J connectivity index is 1.88. The van der Waals surface area contributed by atoms with Gasteiger partial charge >= 0.3 is 0 Å². The molecule has 0 radical (unpaired) electrons. The minimum absolute atomic E-state index is 0.0319. The van der Waals surface area contributed by atoms with Crippen molar-refractivity contribution >= 4 is 33.2 Å². The fourth-order valence-electron chi connectivity index (χ4n) is 2.81. The molecule has 21 heavy (non-hydrogen) atoms. The number of amides is 1. The zero-order valence-corrected chi connectivity index (χ0v) is 13.7. The van der Waals surface area contributed by atoms with Crippen LogP contribution in [-0.2, 0) is 9.53 Å². The van der Waals surface area contributed by atoms with Crippen LogP contribution in [0.2, 0.25) is 0 Å². The summed E-state index contributed by atoms with van der Waals surface area (Å²) >= 11 is 3.65. The molecule has 1 fully saturated rings. The van der Waals surface area contributed by atoms with Gasteiger partial charge in [0.15, 0.2) is 0 Å². The second-order valence-corrected chi connectivity index (χ2v) is 6.22. The molecular formula is C15H20BrN3O2. The van der Waals surface area contributed by atoms with E-state index in [0.717, 1.165) is 60.7 Å². The maximum atomic E-state index is 12.1. The Morgan fingerprint density at radius 1 is 1.43 bits per heavy atom. The lowest BCUT2D eigenvalue weighted by molar-refractivity contribution is -0.117. The van der Waals surface area contributed by atoms with Gasteiger partial charge < -0.3 is 20.3 Å².